The molecule has 0 aliphatic carbocycles. The molecule has 1 N–H and O–H groups in total. The lowest BCUT2D eigenvalue weighted by atomic mass is 10.1. The average Bonchev–Trinajstić information content (AvgIpc) is 2.79. The number of anilines is 1. The summed E-state index contributed by atoms with van der Waals surface area (Å²) in [5.74, 6) is -0.401. The van der Waals surface area contributed by atoms with Gasteiger partial charge in [-0.3, -0.25) is 13.9 Å². The third kappa shape index (κ3) is 8.35. The van der Waals surface area contributed by atoms with E-state index in [1.807, 2.05) is 57.2 Å². The number of aryl methyl sites for hydroxylation is 1. The van der Waals surface area contributed by atoms with Crippen LogP contribution in [0.5, 0.6) is 0 Å². The molecule has 2 aromatic carbocycles. The highest BCUT2D eigenvalue weighted by molar-refractivity contribution is 9.10. The predicted molar refractivity (Wildman–Crippen MR) is 145 cm³/mol. The fourth-order valence-electron chi connectivity index (χ4n) is 3.80. The molecule has 0 heterocycles. The van der Waals surface area contributed by atoms with E-state index < -0.39 is 16.1 Å². The lowest BCUT2D eigenvalue weighted by Crippen LogP contribution is -2.47. The standard InChI is InChI=1S/C26H36BrN3O4S/c1-6-15-28-26(32)21(4)29(18-22-11-8-12-23(27)17-22)25(31)14-9-16-30(35(5,33)34)24-13-7-10-19(2)20(24)3/h7-8,10-13,17,21H,6,9,14-16,18H2,1-5H3,(H,28,32)/t21-/m0/s1. The molecule has 2 amide bonds. The van der Waals surface area contributed by atoms with Gasteiger partial charge in [0.1, 0.15) is 6.04 Å². The van der Waals surface area contributed by atoms with Gasteiger partial charge in [-0.1, -0.05) is 47.1 Å². The molecule has 0 fully saturated rings. The van der Waals surface area contributed by atoms with Crippen LogP contribution in [0.4, 0.5) is 5.69 Å². The molecule has 0 bridgehead atoms. The Kier molecular flexibility index (Phi) is 10.8. The predicted octanol–water partition coefficient (Wildman–Crippen LogP) is 4.56. The summed E-state index contributed by atoms with van der Waals surface area (Å²) in [4.78, 5) is 27.5. The number of hydrogen-bond donors (Lipinski definition) is 1. The zero-order valence-corrected chi connectivity index (χ0v) is 23.6. The minimum Gasteiger partial charge on any atom is -0.354 e. The van der Waals surface area contributed by atoms with E-state index in [2.05, 4.69) is 21.2 Å². The zero-order chi connectivity index (χ0) is 26.2. The minimum absolute atomic E-state index is 0.121. The van der Waals surface area contributed by atoms with Gasteiger partial charge < -0.3 is 10.2 Å². The molecule has 0 aliphatic heterocycles. The second-order valence-corrected chi connectivity index (χ2v) is 11.6. The van der Waals surface area contributed by atoms with Crippen molar-refractivity contribution in [1.82, 2.24) is 10.2 Å². The van der Waals surface area contributed by atoms with Crippen molar-refractivity contribution in [3.8, 4) is 0 Å². The summed E-state index contributed by atoms with van der Waals surface area (Å²) >= 11 is 3.45. The summed E-state index contributed by atoms with van der Waals surface area (Å²) in [5.41, 5.74) is 3.41. The number of nitrogens with one attached hydrogen (secondary N) is 1. The van der Waals surface area contributed by atoms with Crippen LogP contribution in [0, 0.1) is 13.8 Å². The molecule has 7 nitrogen and oxygen atoms in total. The van der Waals surface area contributed by atoms with Gasteiger partial charge in [0.05, 0.1) is 11.9 Å². The van der Waals surface area contributed by atoms with Crippen molar-refractivity contribution in [2.45, 2.75) is 59.5 Å². The Morgan fingerprint density at radius 3 is 2.43 bits per heavy atom. The molecule has 192 valence electrons. The molecule has 0 unspecified atom stereocenters. The maximum Gasteiger partial charge on any atom is 0.242 e. The van der Waals surface area contributed by atoms with Gasteiger partial charge >= 0.3 is 0 Å². The highest BCUT2D eigenvalue weighted by atomic mass is 79.9. The van der Waals surface area contributed by atoms with Crippen LogP contribution in [0.2, 0.25) is 0 Å². The van der Waals surface area contributed by atoms with Crippen molar-refractivity contribution in [1.29, 1.82) is 0 Å². The number of nitrogens with zero attached hydrogens (tertiary/aromatic N) is 2. The van der Waals surface area contributed by atoms with Crippen molar-refractivity contribution in [2.24, 2.45) is 0 Å². The van der Waals surface area contributed by atoms with Gasteiger partial charge in [-0.15, -0.1) is 0 Å². The molecular weight excluding hydrogens is 530 g/mol. The largest absolute Gasteiger partial charge is 0.354 e. The summed E-state index contributed by atoms with van der Waals surface area (Å²) < 4.78 is 27.3. The topological polar surface area (TPSA) is 86.8 Å². The molecule has 2 rings (SSSR count). The lowest BCUT2D eigenvalue weighted by Gasteiger charge is -2.29. The van der Waals surface area contributed by atoms with Gasteiger partial charge in [0, 0.05) is 30.5 Å². The number of hydrogen-bond acceptors (Lipinski definition) is 4. The Balaban J connectivity index is 2.19. The summed E-state index contributed by atoms with van der Waals surface area (Å²) in [7, 11) is -3.53. The number of carbonyl (C=O) groups is 2. The number of halogens is 1. The maximum absolute atomic E-state index is 13.3. The fraction of sp³-hybridized carbons (Fsp3) is 0.462. The lowest BCUT2D eigenvalue weighted by molar-refractivity contribution is -0.140. The summed E-state index contributed by atoms with van der Waals surface area (Å²) in [6, 6.07) is 12.5. The van der Waals surface area contributed by atoms with Crippen LogP contribution in [0.1, 0.15) is 49.8 Å². The molecule has 35 heavy (non-hydrogen) atoms. The molecular formula is C26H36BrN3O4S. The van der Waals surface area contributed by atoms with Gasteiger partial charge in [-0.2, -0.15) is 0 Å². The number of benzene rings is 2. The number of amides is 2. The van der Waals surface area contributed by atoms with E-state index in [0.29, 0.717) is 18.7 Å². The summed E-state index contributed by atoms with van der Waals surface area (Å²) in [6.07, 6.45) is 2.43. The van der Waals surface area contributed by atoms with E-state index in [1.54, 1.807) is 17.9 Å². The maximum atomic E-state index is 13.3. The monoisotopic (exact) mass is 565 g/mol. The molecule has 2 aromatic rings. The van der Waals surface area contributed by atoms with Crippen LogP contribution < -0.4 is 9.62 Å². The van der Waals surface area contributed by atoms with Gasteiger partial charge in [0.2, 0.25) is 21.8 Å². The zero-order valence-electron chi connectivity index (χ0n) is 21.2. The third-order valence-corrected chi connectivity index (χ3v) is 7.63. The van der Waals surface area contributed by atoms with E-state index in [4.69, 9.17) is 0 Å². The van der Waals surface area contributed by atoms with E-state index in [0.717, 1.165) is 27.6 Å². The minimum atomic E-state index is -3.53. The first-order chi connectivity index (χ1) is 16.5. The molecule has 9 heteroatoms. The van der Waals surface area contributed by atoms with Crippen LogP contribution in [0.15, 0.2) is 46.9 Å². The van der Waals surface area contributed by atoms with Crippen LogP contribution in [-0.4, -0.2) is 50.5 Å². The van der Waals surface area contributed by atoms with Crippen molar-refractivity contribution in [3.63, 3.8) is 0 Å². The Morgan fingerprint density at radius 2 is 1.80 bits per heavy atom. The molecule has 0 aromatic heterocycles. The second-order valence-electron chi connectivity index (χ2n) is 8.78. The quantitative estimate of drug-likeness (QED) is 0.408. The first kappa shape index (κ1) is 28.8. The van der Waals surface area contributed by atoms with Gasteiger partial charge in [-0.05, 0) is 68.5 Å². The van der Waals surface area contributed by atoms with E-state index in [1.165, 1.54) is 10.6 Å². The highest BCUT2D eigenvalue weighted by Gasteiger charge is 2.27. The average molecular weight is 567 g/mol. The number of rotatable bonds is 12. The van der Waals surface area contributed by atoms with Crippen molar-refractivity contribution < 1.29 is 18.0 Å². The molecule has 0 radical (unpaired) electrons. The fourth-order valence-corrected chi connectivity index (χ4v) is 5.26. The Labute approximate surface area is 218 Å². The van der Waals surface area contributed by atoms with Crippen LogP contribution in [0.25, 0.3) is 0 Å². The van der Waals surface area contributed by atoms with E-state index in [9.17, 15) is 18.0 Å². The SMILES string of the molecule is CCCNC(=O)[C@H](C)N(Cc1cccc(Br)c1)C(=O)CCCN(c1cccc(C)c1C)S(C)(=O)=O. The molecule has 0 saturated heterocycles. The first-order valence-electron chi connectivity index (χ1n) is 11.8. The van der Waals surface area contributed by atoms with Gasteiger partial charge in [0.15, 0.2) is 0 Å². The highest BCUT2D eigenvalue weighted by Crippen LogP contribution is 2.25. The van der Waals surface area contributed by atoms with Crippen LogP contribution in [-0.2, 0) is 26.2 Å². The normalized spacial score (nSPS) is 12.2. The molecule has 0 spiro atoms. The van der Waals surface area contributed by atoms with Gasteiger partial charge in [-0.25, -0.2) is 8.42 Å². The van der Waals surface area contributed by atoms with E-state index in [-0.39, 0.29) is 31.3 Å². The Bertz CT molecular complexity index is 1140. The molecule has 1 atom stereocenters. The number of carbonyl (C=O) groups excluding carboxylic acids is 2. The van der Waals surface area contributed by atoms with Crippen LogP contribution in [0.3, 0.4) is 0 Å². The van der Waals surface area contributed by atoms with E-state index >= 15 is 0 Å². The van der Waals surface area contributed by atoms with Crippen LogP contribution >= 0.6 is 15.9 Å². The van der Waals surface area contributed by atoms with Crippen molar-refractivity contribution in [2.75, 3.05) is 23.7 Å². The Morgan fingerprint density at radius 1 is 1.11 bits per heavy atom. The van der Waals surface area contributed by atoms with Crippen molar-refractivity contribution in [3.05, 3.63) is 63.6 Å². The Hall–Kier alpha value is -2.39. The molecule has 0 saturated carbocycles. The summed E-state index contributed by atoms with van der Waals surface area (Å²) in [6.45, 7) is 8.53. The second kappa shape index (κ2) is 13.1. The summed E-state index contributed by atoms with van der Waals surface area (Å²) in [5, 5.41) is 2.86. The molecule has 0 aliphatic rings. The smallest absolute Gasteiger partial charge is 0.242 e. The van der Waals surface area contributed by atoms with Gasteiger partial charge in [0.25, 0.3) is 0 Å². The first-order valence-corrected chi connectivity index (χ1v) is 14.4. The third-order valence-electron chi connectivity index (χ3n) is 5.96. The number of sulfonamides is 1. The van der Waals surface area contributed by atoms with Crippen molar-refractivity contribution >= 4 is 43.5 Å².